The highest BCUT2D eigenvalue weighted by molar-refractivity contribution is 6.30. The van der Waals surface area contributed by atoms with Gasteiger partial charge in [0.25, 0.3) is 0 Å². The molecule has 0 unspecified atom stereocenters. The van der Waals surface area contributed by atoms with Gasteiger partial charge in [-0.15, -0.1) is 0 Å². The molecule has 9 aromatic carbocycles. The molecule has 0 aliphatic heterocycles. The van der Waals surface area contributed by atoms with E-state index in [1.54, 1.807) is 0 Å². The number of hydrogen-bond donors (Lipinski definition) is 0. The number of anilines is 3. The lowest BCUT2D eigenvalue weighted by Gasteiger charge is -2.31. The van der Waals surface area contributed by atoms with Crippen molar-refractivity contribution in [2.24, 2.45) is 0 Å². The molecule has 0 bridgehead atoms. The summed E-state index contributed by atoms with van der Waals surface area (Å²) < 4.78 is 0. The quantitative estimate of drug-likeness (QED) is 0.129. The van der Waals surface area contributed by atoms with Crippen LogP contribution in [0, 0.1) is 6.92 Å². The Morgan fingerprint density at radius 2 is 0.804 bits per heavy atom. The van der Waals surface area contributed by atoms with E-state index in [0.29, 0.717) is 0 Å². The first kappa shape index (κ1) is 36.0. The molecule has 0 spiro atoms. The molecule has 9 aromatic rings. The molecule has 1 nitrogen and oxygen atoms in total. The van der Waals surface area contributed by atoms with E-state index < -0.39 is 0 Å². The zero-order valence-electron chi connectivity index (χ0n) is 34.7. The monoisotopic (exact) mass is 727 g/mol. The average molecular weight is 728 g/mol. The molecule has 56 heavy (non-hydrogen) atoms. The molecule has 0 fully saturated rings. The van der Waals surface area contributed by atoms with Gasteiger partial charge in [-0.2, -0.15) is 0 Å². The maximum Gasteiger partial charge on any atom is 0.0618 e. The van der Waals surface area contributed by atoms with Crippen molar-refractivity contribution in [2.75, 3.05) is 4.90 Å². The molecule has 0 atom stereocenters. The van der Waals surface area contributed by atoms with Crippen LogP contribution in [0.3, 0.4) is 0 Å². The van der Waals surface area contributed by atoms with Gasteiger partial charge in [0.15, 0.2) is 0 Å². The Kier molecular flexibility index (Phi) is 8.16. The third kappa shape index (κ3) is 5.83. The number of fused-ring (bicyclic) bond motifs is 2. The summed E-state index contributed by atoms with van der Waals surface area (Å²) in [6, 6.07) is 53.4. The molecule has 0 radical (unpaired) electrons. The molecular formula is C55H53N. The second-order valence-corrected chi connectivity index (χ2v) is 19.1. The van der Waals surface area contributed by atoms with E-state index in [0.717, 1.165) is 11.4 Å². The number of hydrogen-bond acceptors (Lipinski definition) is 1. The van der Waals surface area contributed by atoms with E-state index in [2.05, 4.69) is 214 Å². The van der Waals surface area contributed by atoms with Crippen molar-refractivity contribution in [3.63, 3.8) is 0 Å². The topological polar surface area (TPSA) is 3.24 Å². The minimum Gasteiger partial charge on any atom is -0.309 e. The molecule has 1 heteroatoms. The van der Waals surface area contributed by atoms with Gasteiger partial charge in [-0.3, -0.25) is 0 Å². The maximum atomic E-state index is 2.50. The van der Waals surface area contributed by atoms with Gasteiger partial charge in [-0.05, 0) is 124 Å². The molecule has 0 N–H and O–H groups in total. The molecule has 0 aromatic heterocycles. The minimum absolute atomic E-state index is 0.0620. The molecule has 0 aliphatic rings. The van der Waals surface area contributed by atoms with Gasteiger partial charge in [-0.1, -0.05) is 178 Å². The normalized spacial score (nSPS) is 12.8. The number of rotatable bonds is 4. The van der Waals surface area contributed by atoms with Gasteiger partial charge in [0.2, 0.25) is 0 Å². The van der Waals surface area contributed by atoms with Crippen molar-refractivity contribution in [1.82, 2.24) is 0 Å². The Bertz CT molecular complexity index is 2810. The lowest BCUT2D eigenvalue weighted by Crippen LogP contribution is -2.15. The third-order valence-electron chi connectivity index (χ3n) is 12.2. The smallest absolute Gasteiger partial charge is 0.0618 e. The summed E-state index contributed by atoms with van der Waals surface area (Å²) in [6.07, 6.45) is 0. The molecule has 0 aliphatic carbocycles. The SMILES string of the molecule is Cc1cc(-c2c3ccccc3c(N(c3ccc(C(C)(C)C)cc3)c3ccc(C(C)(C)C)cc3)c3ccccc23)c2ccc3cc(C(C)(C)C)cc4ccc1c2c43. The van der Waals surface area contributed by atoms with Crippen molar-refractivity contribution in [3.8, 4) is 11.1 Å². The van der Waals surface area contributed by atoms with Crippen LogP contribution in [-0.2, 0) is 16.2 Å². The van der Waals surface area contributed by atoms with E-state index >= 15 is 0 Å². The maximum absolute atomic E-state index is 2.50. The number of aryl methyl sites for hydroxylation is 1. The molecule has 0 amide bonds. The van der Waals surface area contributed by atoms with Gasteiger partial charge in [0, 0.05) is 22.1 Å². The summed E-state index contributed by atoms with van der Waals surface area (Å²) in [5, 5.41) is 13.0. The summed E-state index contributed by atoms with van der Waals surface area (Å²) >= 11 is 0. The Labute approximate surface area is 332 Å². The second kappa shape index (κ2) is 12.7. The standard InChI is InChI=1S/C55H53N/c1-34-31-48(45-30-20-36-33-39(55(8,9)10)32-35-19-29-42(34)51(45)49(35)36)50-43-15-11-13-17-46(43)52(47-18-14-12-16-44(47)50)56(40-25-21-37(22-26-40)53(2,3)4)41-27-23-38(24-28-41)54(5,6)7/h11-33H,1-10H3. The van der Waals surface area contributed by atoms with Crippen LogP contribution in [0.1, 0.15) is 84.6 Å². The Morgan fingerprint density at radius 1 is 0.375 bits per heavy atom. The van der Waals surface area contributed by atoms with Crippen LogP contribution >= 0.6 is 0 Å². The number of nitrogens with zero attached hydrogens (tertiary/aromatic N) is 1. The zero-order valence-corrected chi connectivity index (χ0v) is 34.7. The highest BCUT2D eigenvalue weighted by Gasteiger charge is 2.26. The molecule has 0 heterocycles. The highest BCUT2D eigenvalue weighted by atomic mass is 15.1. The van der Waals surface area contributed by atoms with Gasteiger partial charge >= 0.3 is 0 Å². The van der Waals surface area contributed by atoms with Gasteiger partial charge in [0.1, 0.15) is 0 Å². The summed E-state index contributed by atoms with van der Waals surface area (Å²) in [4.78, 5) is 2.50. The fraction of sp³-hybridized carbons (Fsp3) is 0.236. The Hall–Kier alpha value is -5.66. The lowest BCUT2D eigenvalue weighted by molar-refractivity contribution is 0.590. The first-order chi connectivity index (χ1) is 26.6. The highest BCUT2D eigenvalue weighted by Crippen LogP contribution is 2.51. The average Bonchev–Trinajstić information content (AvgIpc) is 3.16. The van der Waals surface area contributed by atoms with E-state index in [1.165, 1.54) is 92.9 Å². The van der Waals surface area contributed by atoms with Crippen molar-refractivity contribution in [3.05, 3.63) is 162 Å². The van der Waals surface area contributed by atoms with Crippen LogP contribution in [0.2, 0.25) is 0 Å². The van der Waals surface area contributed by atoms with Crippen LogP contribution in [0.4, 0.5) is 17.1 Å². The Morgan fingerprint density at radius 3 is 1.25 bits per heavy atom. The third-order valence-corrected chi connectivity index (χ3v) is 12.2. The van der Waals surface area contributed by atoms with Crippen molar-refractivity contribution >= 4 is 70.9 Å². The van der Waals surface area contributed by atoms with E-state index in [9.17, 15) is 0 Å². The van der Waals surface area contributed by atoms with Crippen LogP contribution in [0.15, 0.2) is 140 Å². The molecular weight excluding hydrogens is 675 g/mol. The second-order valence-electron chi connectivity index (χ2n) is 19.1. The zero-order chi connectivity index (χ0) is 39.3. The predicted molar refractivity (Wildman–Crippen MR) is 246 cm³/mol. The van der Waals surface area contributed by atoms with Gasteiger partial charge in [-0.25, -0.2) is 0 Å². The fourth-order valence-corrected chi connectivity index (χ4v) is 9.00. The van der Waals surface area contributed by atoms with E-state index in [1.807, 2.05) is 0 Å². The van der Waals surface area contributed by atoms with E-state index in [4.69, 9.17) is 0 Å². The summed E-state index contributed by atoms with van der Waals surface area (Å²) in [5.74, 6) is 0. The van der Waals surface area contributed by atoms with Crippen LogP contribution in [0.25, 0.3) is 65.0 Å². The fourth-order valence-electron chi connectivity index (χ4n) is 9.00. The molecule has 9 rings (SSSR count). The van der Waals surface area contributed by atoms with Crippen molar-refractivity contribution in [1.29, 1.82) is 0 Å². The van der Waals surface area contributed by atoms with Crippen LogP contribution in [0.5, 0.6) is 0 Å². The molecule has 0 saturated carbocycles. The lowest BCUT2D eigenvalue weighted by atomic mass is 9.81. The first-order valence-electron chi connectivity index (χ1n) is 20.3. The van der Waals surface area contributed by atoms with Crippen LogP contribution < -0.4 is 4.90 Å². The summed E-state index contributed by atoms with van der Waals surface area (Å²) in [7, 11) is 0. The minimum atomic E-state index is 0.0620. The molecule has 278 valence electrons. The Balaban J connectivity index is 1.37. The summed E-state index contributed by atoms with van der Waals surface area (Å²) in [5.41, 5.74) is 11.6. The predicted octanol–water partition coefficient (Wildman–Crippen LogP) is 16.2. The van der Waals surface area contributed by atoms with Crippen LogP contribution in [-0.4, -0.2) is 0 Å². The largest absolute Gasteiger partial charge is 0.309 e. The summed E-state index contributed by atoms with van der Waals surface area (Å²) in [6.45, 7) is 22.9. The first-order valence-corrected chi connectivity index (χ1v) is 20.3. The van der Waals surface area contributed by atoms with Gasteiger partial charge < -0.3 is 4.90 Å². The van der Waals surface area contributed by atoms with E-state index in [-0.39, 0.29) is 16.2 Å². The molecule has 0 saturated heterocycles. The van der Waals surface area contributed by atoms with Crippen molar-refractivity contribution in [2.45, 2.75) is 85.5 Å². The van der Waals surface area contributed by atoms with Crippen molar-refractivity contribution < 1.29 is 0 Å². The number of benzene rings is 9. The van der Waals surface area contributed by atoms with Gasteiger partial charge in [0.05, 0.1) is 5.69 Å².